The summed E-state index contributed by atoms with van der Waals surface area (Å²) in [4.78, 5) is 23.0. The van der Waals surface area contributed by atoms with Crippen LogP contribution in [0.5, 0.6) is 0 Å². The molecule has 1 aliphatic heterocycles. The number of thiazole rings is 1. The third-order valence-electron chi connectivity index (χ3n) is 3.72. The number of carbonyl (C=O) groups is 1. The van der Waals surface area contributed by atoms with E-state index in [0.29, 0.717) is 29.7 Å². The highest BCUT2D eigenvalue weighted by atomic mass is 32.1. The fraction of sp³-hybridized carbons (Fsp3) is 0.600. The maximum Gasteiger partial charge on any atom is 0.274 e. The van der Waals surface area contributed by atoms with Crippen LogP contribution < -0.4 is 0 Å². The highest BCUT2D eigenvalue weighted by molar-refractivity contribution is 7.09. The van der Waals surface area contributed by atoms with E-state index in [1.54, 1.807) is 17.2 Å². The zero-order valence-electron chi connectivity index (χ0n) is 13.4. The number of hydrogen-bond donors (Lipinski definition) is 1. The van der Waals surface area contributed by atoms with E-state index >= 15 is 0 Å². The fourth-order valence-corrected chi connectivity index (χ4v) is 3.70. The Morgan fingerprint density at radius 2 is 2.30 bits per heavy atom. The topological polar surface area (TPSA) is 92.4 Å². The van der Waals surface area contributed by atoms with Crippen LogP contribution in [0.1, 0.15) is 53.5 Å². The molecule has 0 aliphatic carbocycles. The summed E-state index contributed by atoms with van der Waals surface area (Å²) in [5.41, 5.74) is 0.418. The molecule has 1 amide bonds. The maximum absolute atomic E-state index is 12.8. The highest BCUT2D eigenvalue weighted by Gasteiger charge is 2.39. The number of β-amino-alcohol motifs (C(OH)–C–C–N with tert-alkyl or cyclic N) is 1. The van der Waals surface area contributed by atoms with Crippen molar-refractivity contribution in [1.29, 1.82) is 0 Å². The molecule has 1 fully saturated rings. The molecule has 7 nitrogen and oxygen atoms in total. The molecule has 0 spiro atoms. The standard InChI is InChI=1S/C15H20N4O3S/c1-8(2)4-13-17-11(7-23-13)15(21)19-6-10(20)5-12(19)14-16-9(3)18-22-14/h7-8,10,12,20H,4-6H2,1-3H3/t10-,12-/m1/s1. The van der Waals surface area contributed by atoms with Gasteiger partial charge in [-0.2, -0.15) is 4.98 Å². The number of nitrogens with zero attached hydrogens (tertiary/aromatic N) is 4. The van der Waals surface area contributed by atoms with E-state index in [0.717, 1.165) is 11.4 Å². The fourth-order valence-electron chi connectivity index (χ4n) is 2.72. The number of aromatic nitrogens is 3. The van der Waals surface area contributed by atoms with E-state index in [1.807, 2.05) is 0 Å². The average Bonchev–Trinajstić information content (AvgIpc) is 3.17. The number of carbonyl (C=O) groups excluding carboxylic acids is 1. The Balaban J connectivity index is 1.80. The molecule has 2 aromatic heterocycles. The summed E-state index contributed by atoms with van der Waals surface area (Å²) >= 11 is 1.49. The van der Waals surface area contributed by atoms with Crippen molar-refractivity contribution in [3.63, 3.8) is 0 Å². The van der Waals surface area contributed by atoms with Gasteiger partial charge in [-0.25, -0.2) is 4.98 Å². The van der Waals surface area contributed by atoms with Crippen molar-refractivity contribution < 1.29 is 14.4 Å². The Morgan fingerprint density at radius 3 is 2.96 bits per heavy atom. The average molecular weight is 336 g/mol. The van der Waals surface area contributed by atoms with Crippen molar-refractivity contribution >= 4 is 17.2 Å². The highest BCUT2D eigenvalue weighted by Crippen LogP contribution is 2.32. The molecule has 8 heteroatoms. The van der Waals surface area contributed by atoms with Gasteiger partial charge in [0.15, 0.2) is 5.82 Å². The van der Waals surface area contributed by atoms with Gasteiger partial charge in [0, 0.05) is 24.8 Å². The molecule has 3 rings (SSSR count). The van der Waals surface area contributed by atoms with Crippen molar-refractivity contribution in [3.05, 3.63) is 27.8 Å². The Hall–Kier alpha value is -1.80. The van der Waals surface area contributed by atoms with Crippen LogP contribution in [-0.2, 0) is 6.42 Å². The Labute approximate surface area is 138 Å². The van der Waals surface area contributed by atoms with Gasteiger partial charge in [-0.1, -0.05) is 19.0 Å². The van der Waals surface area contributed by atoms with E-state index in [1.165, 1.54) is 11.3 Å². The number of likely N-dealkylation sites (tertiary alicyclic amines) is 1. The quantitative estimate of drug-likeness (QED) is 0.918. The minimum atomic E-state index is -0.593. The van der Waals surface area contributed by atoms with E-state index in [4.69, 9.17) is 4.52 Å². The summed E-state index contributed by atoms with van der Waals surface area (Å²) < 4.78 is 5.19. The molecule has 124 valence electrons. The van der Waals surface area contributed by atoms with E-state index in [9.17, 15) is 9.90 Å². The monoisotopic (exact) mass is 336 g/mol. The molecule has 3 heterocycles. The Bertz CT molecular complexity index is 696. The molecule has 1 saturated heterocycles. The summed E-state index contributed by atoms with van der Waals surface area (Å²) in [5, 5.41) is 16.5. The smallest absolute Gasteiger partial charge is 0.274 e. The Morgan fingerprint density at radius 1 is 1.52 bits per heavy atom. The minimum absolute atomic E-state index is 0.200. The summed E-state index contributed by atoms with van der Waals surface area (Å²) in [7, 11) is 0. The lowest BCUT2D eigenvalue weighted by Crippen LogP contribution is -2.32. The van der Waals surface area contributed by atoms with Crippen molar-refractivity contribution in [2.24, 2.45) is 5.92 Å². The minimum Gasteiger partial charge on any atom is -0.391 e. The second kappa shape index (κ2) is 6.37. The van der Waals surface area contributed by atoms with E-state index in [-0.39, 0.29) is 12.5 Å². The van der Waals surface area contributed by atoms with Gasteiger partial charge in [0.1, 0.15) is 11.7 Å². The zero-order chi connectivity index (χ0) is 16.6. The van der Waals surface area contributed by atoms with Crippen molar-refractivity contribution in [3.8, 4) is 0 Å². The van der Waals surface area contributed by atoms with Crippen LogP contribution in [0.4, 0.5) is 0 Å². The van der Waals surface area contributed by atoms with Gasteiger partial charge in [-0.3, -0.25) is 4.79 Å². The molecule has 0 radical (unpaired) electrons. The first-order valence-corrected chi connectivity index (χ1v) is 8.55. The van der Waals surface area contributed by atoms with Crippen LogP contribution >= 0.6 is 11.3 Å². The molecule has 1 N–H and O–H groups in total. The van der Waals surface area contributed by atoms with Crippen LogP contribution in [-0.4, -0.2) is 43.7 Å². The SMILES string of the molecule is Cc1noc([C@H]2C[C@@H](O)CN2C(=O)c2csc(CC(C)C)n2)n1. The third kappa shape index (κ3) is 3.42. The van der Waals surface area contributed by atoms with Crippen molar-refractivity contribution in [1.82, 2.24) is 20.0 Å². The lowest BCUT2D eigenvalue weighted by molar-refractivity contribution is 0.0688. The first-order valence-electron chi connectivity index (χ1n) is 7.67. The third-order valence-corrected chi connectivity index (χ3v) is 4.59. The van der Waals surface area contributed by atoms with Gasteiger partial charge in [0.05, 0.1) is 11.1 Å². The van der Waals surface area contributed by atoms with E-state index < -0.39 is 12.1 Å². The number of rotatable bonds is 4. The van der Waals surface area contributed by atoms with Gasteiger partial charge < -0.3 is 14.5 Å². The molecule has 0 saturated carbocycles. The normalized spacial score (nSPS) is 21.3. The Kier molecular flexibility index (Phi) is 4.45. The zero-order valence-corrected chi connectivity index (χ0v) is 14.2. The van der Waals surface area contributed by atoms with Crippen LogP contribution in [0.2, 0.25) is 0 Å². The molecule has 23 heavy (non-hydrogen) atoms. The van der Waals surface area contributed by atoms with Crippen LogP contribution in [0, 0.1) is 12.8 Å². The number of amides is 1. The van der Waals surface area contributed by atoms with Crippen molar-refractivity contribution in [2.45, 2.75) is 45.8 Å². The van der Waals surface area contributed by atoms with Gasteiger partial charge in [-0.05, 0) is 12.8 Å². The maximum atomic E-state index is 12.8. The molecular formula is C15H20N4O3S. The first kappa shape index (κ1) is 16.1. The lowest BCUT2D eigenvalue weighted by Gasteiger charge is -2.20. The summed E-state index contributed by atoms with van der Waals surface area (Å²) in [5.74, 6) is 1.17. The number of aliphatic hydroxyl groups is 1. The molecule has 0 aromatic carbocycles. The largest absolute Gasteiger partial charge is 0.391 e. The first-order chi connectivity index (χ1) is 10.9. The predicted molar refractivity (Wildman–Crippen MR) is 84.1 cm³/mol. The van der Waals surface area contributed by atoms with Gasteiger partial charge >= 0.3 is 0 Å². The van der Waals surface area contributed by atoms with Gasteiger partial charge in [-0.15, -0.1) is 11.3 Å². The second-order valence-electron chi connectivity index (χ2n) is 6.27. The van der Waals surface area contributed by atoms with E-state index in [2.05, 4.69) is 29.0 Å². The summed E-state index contributed by atoms with van der Waals surface area (Å²) in [6, 6.07) is -0.394. The number of aryl methyl sites for hydroxylation is 1. The predicted octanol–water partition coefficient (Wildman–Crippen LogP) is 1.98. The molecule has 2 atom stereocenters. The number of aliphatic hydroxyl groups excluding tert-OH is 1. The lowest BCUT2D eigenvalue weighted by atomic mass is 10.1. The van der Waals surface area contributed by atoms with Gasteiger partial charge in [0.2, 0.25) is 5.89 Å². The molecule has 2 aromatic rings. The summed E-state index contributed by atoms with van der Waals surface area (Å²) in [6.07, 6.45) is 0.661. The van der Waals surface area contributed by atoms with Gasteiger partial charge in [0.25, 0.3) is 5.91 Å². The molecule has 0 unspecified atom stereocenters. The van der Waals surface area contributed by atoms with Crippen LogP contribution in [0.3, 0.4) is 0 Å². The number of hydrogen-bond acceptors (Lipinski definition) is 7. The second-order valence-corrected chi connectivity index (χ2v) is 7.21. The van der Waals surface area contributed by atoms with Crippen LogP contribution in [0.15, 0.2) is 9.90 Å². The molecular weight excluding hydrogens is 316 g/mol. The molecule has 1 aliphatic rings. The van der Waals surface area contributed by atoms with Crippen LogP contribution in [0.25, 0.3) is 0 Å². The summed E-state index contributed by atoms with van der Waals surface area (Å²) in [6.45, 7) is 6.21. The molecule has 0 bridgehead atoms. The van der Waals surface area contributed by atoms with Crippen molar-refractivity contribution in [2.75, 3.05) is 6.54 Å².